The van der Waals surface area contributed by atoms with Gasteiger partial charge in [-0.25, -0.2) is 5.43 Å². The fourth-order valence-corrected chi connectivity index (χ4v) is 2.17. The molecule has 0 spiro atoms. The Labute approximate surface area is 141 Å². The van der Waals surface area contributed by atoms with Crippen LogP contribution >= 0.6 is 15.9 Å². The van der Waals surface area contributed by atoms with E-state index in [9.17, 15) is 9.90 Å². The van der Waals surface area contributed by atoms with E-state index in [-0.39, 0.29) is 5.75 Å². The van der Waals surface area contributed by atoms with Gasteiger partial charge in [-0.1, -0.05) is 0 Å². The zero-order valence-corrected chi connectivity index (χ0v) is 14.1. The van der Waals surface area contributed by atoms with E-state index in [1.807, 2.05) is 0 Å². The molecule has 6 nitrogen and oxygen atoms in total. The molecule has 0 unspecified atom stereocenters. The highest BCUT2D eigenvalue weighted by atomic mass is 79.9. The summed E-state index contributed by atoms with van der Waals surface area (Å²) in [7, 11) is 3.02. The number of amides is 1. The summed E-state index contributed by atoms with van der Waals surface area (Å²) in [6, 6.07) is 9.73. The van der Waals surface area contributed by atoms with Crippen LogP contribution in [0.3, 0.4) is 0 Å². The van der Waals surface area contributed by atoms with Crippen LogP contribution in [0.25, 0.3) is 0 Å². The molecule has 0 saturated carbocycles. The predicted octanol–water partition coefficient (Wildman–Crippen LogP) is 2.94. The second kappa shape index (κ2) is 7.64. The van der Waals surface area contributed by atoms with E-state index >= 15 is 0 Å². The number of hydrazone groups is 1. The van der Waals surface area contributed by atoms with E-state index in [1.54, 1.807) is 30.3 Å². The molecule has 0 radical (unpaired) electrons. The van der Waals surface area contributed by atoms with Crippen molar-refractivity contribution in [2.45, 2.75) is 0 Å². The summed E-state index contributed by atoms with van der Waals surface area (Å²) in [5, 5.41) is 13.3. The molecule has 2 aromatic carbocycles. The van der Waals surface area contributed by atoms with Gasteiger partial charge in [-0.3, -0.25) is 4.79 Å². The Morgan fingerprint density at radius 3 is 2.39 bits per heavy atom. The van der Waals surface area contributed by atoms with Crippen molar-refractivity contribution in [1.29, 1.82) is 0 Å². The van der Waals surface area contributed by atoms with Crippen LogP contribution in [0, 0.1) is 0 Å². The minimum absolute atomic E-state index is 0.134. The summed E-state index contributed by atoms with van der Waals surface area (Å²) >= 11 is 3.21. The second-order valence-electron chi connectivity index (χ2n) is 4.51. The number of rotatable bonds is 5. The summed E-state index contributed by atoms with van der Waals surface area (Å²) in [6.07, 6.45) is 1.47. The first-order chi connectivity index (χ1) is 11.0. The van der Waals surface area contributed by atoms with Gasteiger partial charge in [-0.05, 0) is 51.8 Å². The fraction of sp³-hybridized carbons (Fsp3) is 0.125. The van der Waals surface area contributed by atoms with Gasteiger partial charge in [0.15, 0.2) is 0 Å². The predicted molar refractivity (Wildman–Crippen MR) is 90.4 cm³/mol. The maximum atomic E-state index is 12.1. The van der Waals surface area contributed by atoms with Crippen LogP contribution in [0.1, 0.15) is 15.9 Å². The number of carbonyl (C=O) groups excluding carboxylic acids is 1. The summed E-state index contributed by atoms with van der Waals surface area (Å²) < 4.78 is 10.8. The first-order valence-electron chi connectivity index (χ1n) is 6.58. The van der Waals surface area contributed by atoms with Gasteiger partial charge < -0.3 is 14.6 Å². The maximum Gasteiger partial charge on any atom is 0.271 e. The Morgan fingerprint density at radius 1 is 1.17 bits per heavy atom. The zero-order chi connectivity index (χ0) is 16.8. The third-order valence-electron chi connectivity index (χ3n) is 2.97. The molecule has 0 bridgehead atoms. The average Bonchev–Trinajstić information content (AvgIpc) is 2.57. The molecule has 0 aromatic heterocycles. The molecule has 2 N–H and O–H groups in total. The quantitative estimate of drug-likeness (QED) is 0.619. The van der Waals surface area contributed by atoms with Gasteiger partial charge >= 0.3 is 0 Å². The molecule has 0 aliphatic carbocycles. The monoisotopic (exact) mass is 378 g/mol. The Morgan fingerprint density at radius 2 is 1.83 bits per heavy atom. The van der Waals surface area contributed by atoms with E-state index in [1.165, 1.54) is 26.5 Å². The summed E-state index contributed by atoms with van der Waals surface area (Å²) in [5.41, 5.74) is 3.51. The van der Waals surface area contributed by atoms with E-state index in [0.29, 0.717) is 21.5 Å². The van der Waals surface area contributed by atoms with Crippen molar-refractivity contribution in [3.63, 3.8) is 0 Å². The second-order valence-corrected chi connectivity index (χ2v) is 5.37. The lowest BCUT2D eigenvalue weighted by atomic mass is 10.2. The first kappa shape index (κ1) is 16.8. The lowest BCUT2D eigenvalue weighted by Gasteiger charge is -2.07. The summed E-state index contributed by atoms with van der Waals surface area (Å²) in [4.78, 5) is 12.1. The Balaban J connectivity index is 2.09. The van der Waals surface area contributed by atoms with Gasteiger partial charge in [-0.2, -0.15) is 5.10 Å². The number of phenols is 1. The SMILES string of the molecule is COc1cc(OC)cc(C(=O)NN=Cc2ccc(O)c(Br)c2)c1. The number of phenolic OH excluding ortho intramolecular Hbond substituents is 1. The largest absolute Gasteiger partial charge is 0.507 e. The van der Waals surface area contributed by atoms with Gasteiger partial charge in [0.2, 0.25) is 0 Å². The number of hydrogen-bond donors (Lipinski definition) is 2. The molecule has 0 aliphatic rings. The van der Waals surface area contributed by atoms with Crippen molar-refractivity contribution in [2.24, 2.45) is 5.10 Å². The Hall–Kier alpha value is -2.54. The number of nitrogens with zero attached hydrogens (tertiary/aromatic N) is 1. The normalized spacial score (nSPS) is 10.6. The molecule has 120 valence electrons. The molecule has 0 fully saturated rings. The third kappa shape index (κ3) is 4.46. The van der Waals surface area contributed by atoms with Crippen molar-refractivity contribution < 1.29 is 19.4 Å². The number of nitrogens with one attached hydrogen (secondary N) is 1. The zero-order valence-electron chi connectivity index (χ0n) is 12.5. The van der Waals surface area contributed by atoms with Gasteiger partial charge in [0, 0.05) is 11.6 Å². The van der Waals surface area contributed by atoms with Crippen LogP contribution in [0.15, 0.2) is 46.0 Å². The third-order valence-corrected chi connectivity index (χ3v) is 3.60. The van der Waals surface area contributed by atoms with E-state index in [0.717, 1.165) is 5.56 Å². The lowest BCUT2D eigenvalue weighted by Crippen LogP contribution is -2.17. The molecule has 0 saturated heterocycles. The first-order valence-corrected chi connectivity index (χ1v) is 7.38. The molecular formula is C16H15BrN2O4. The molecule has 2 rings (SSSR count). The van der Waals surface area contributed by atoms with Crippen molar-refractivity contribution in [3.8, 4) is 17.2 Å². The molecule has 0 heterocycles. The molecule has 0 aliphatic heterocycles. The number of carbonyl (C=O) groups is 1. The van der Waals surface area contributed by atoms with E-state index in [4.69, 9.17) is 9.47 Å². The number of methoxy groups -OCH3 is 2. The standard InChI is InChI=1S/C16H15BrN2O4/c1-22-12-6-11(7-13(8-12)23-2)16(21)19-18-9-10-3-4-15(20)14(17)5-10/h3-9,20H,1-2H3,(H,19,21). The van der Waals surface area contributed by atoms with E-state index in [2.05, 4.69) is 26.5 Å². The fourth-order valence-electron chi connectivity index (χ4n) is 1.77. The van der Waals surface area contributed by atoms with Gasteiger partial charge in [0.25, 0.3) is 5.91 Å². The van der Waals surface area contributed by atoms with Gasteiger partial charge in [-0.15, -0.1) is 0 Å². The van der Waals surface area contributed by atoms with E-state index < -0.39 is 5.91 Å². The number of hydrogen-bond acceptors (Lipinski definition) is 5. The van der Waals surface area contributed by atoms with Crippen LogP contribution in [-0.4, -0.2) is 31.4 Å². The van der Waals surface area contributed by atoms with Crippen LogP contribution < -0.4 is 14.9 Å². The topological polar surface area (TPSA) is 80.2 Å². The Bertz CT molecular complexity index is 725. The number of benzene rings is 2. The van der Waals surface area contributed by atoms with Gasteiger partial charge in [0.05, 0.1) is 24.9 Å². The molecule has 2 aromatic rings. The minimum Gasteiger partial charge on any atom is -0.507 e. The highest BCUT2D eigenvalue weighted by Crippen LogP contribution is 2.24. The molecular weight excluding hydrogens is 364 g/mol. The number of ether oxygens (including phenoxy) is 2. The summed E-state index contributed by atoms with van der Waals surface area (Å²) in [6.45, 7) is 0. The van der Waals surface area contributed by atoms with Gasteiger partial charge in [0.1, 0.15) is 17.2 Å². The van der Waals surface area contributed by atoms with Crippen molar-refractivity contribution in [1.82, 2.24) is 5.43 Å². The Kier molecular flexibility index (Phi) is 5.59. The van der Waals surface area contributed by atoms with Crippen molar-refractivity contribution in [2.75, 3.05) is 14.2 Å². The maximum absolute atomic E-state index is 12.1. The van der Waals surface area contributed by atoms with Crippen LogP contribution in [0.5, 0.6) is 17.2 Å². The molecule has 1 amide bonds. The van der Waals surface area contributed by atoms with Crippen molar-refractivity contribution >= 4 is 28.1 Å². The molecule has 23 heavy (non-hydrogen) atoms. The minimum atomic E-state index is -0.392. The molecule has 0 atom stereocenters. The van der Waals surface area contributed by atoms with Crippen LogP contribution in [0.2, 0.25) is 0 Å². The number of aromatic hydroxyl groups is 1. The van der Waals surface area contributed by atoms with Crippen LogP contribution in [0.4, 0.5) is 0 Å². The number of halogens is 1. The highest BCUT2D eigenvalue weighted by Gasteiger charge is 2.09. The van der Waals surface area contributed by atoms with Crippen LogP contribution in [-0.2, 0) is 0 Å². The summed E-state index contributed by atoms with van der Waals surface area (Å²) in [5.74, 6) is 0.771. The van der Waals surface area contributed by atoms with Crippen molar-refractivity contribution in [3.05, 3.63) is 52.0 Å². The smallest absolute Gasteiger partial charge is 0.271 e. The highest BCUT2D eigenvalue weighted by molar-refractivity contribution is 9.10. The molecule has 7 heteroatoms. The lowest BCUT2D eigenvalue weighted by molar-refractivity contribution is 0.0954. The average molecular weight is 379 g/mol.